The van der Waals surface area contributed by atoms with E-state index in [9.17, 15) is 4.79 Å². The first-order valence-corrected chi connectivity index (χ1v) is 4.95. The number of carbonyl (C=O) groups is 1. The third kappa shape index (κ3) is 3.00. The number of nitrogens with zero attached hydrogens (tertiary/aromatic N) is 2. The summed E-state index contributed by atoms with van der Waals surface area (Å²) in [7, 11) is 1.76. The molecule has 1 aliphatic rings. The molecule has 4 nitrogen and oxygen atoms in total. The molecule has 0 spiro atoms. The molecule has 0 bridgehead atoms. The molecule has 0 atom stereocenters. The van der Waals surface area contributed by atoms with Crippen molar-refractivity contribution in [3.05, 3.63) is 0 Å². The molecule has 1 rings (SSSR count). The Morgan fingerprint density at radius 2 is 2.21 bits per heavy atom. The molecule has 0 saturated carbocycles. The molecule has 14 heavy (non-hydrogen) atoms. The van der Waals surface area contributed by atoms with E-state index in [1.165, 1.54) is 0 Å². The summed E-state index contributed by atoms with van der Waals surface area (Å²) in [5.41, 5.74) is 0. The standard InChI is InChI=1S/C10H16N2O2/c1-12(6-2-5-11)10(13)9-3-7-14-8-4-9/h9H,2-4,6-8H2,1H3. The second kappa shape index (κ2) is 5.61. The maximum Gasteiger partial charge on any atom is 0.225 e. The van der Waals surface area contributed by atoms with Gasteiger partial charge in [0.2, 0.25) is 5.91 Å². The summed E-state index contributed by atoms with van der Waals surface area (Å²) < 4.78 is 5.19. The molecular weight excluding hydrogens is 180 g/mol. The van der Waals surface area contributed by atoms with Gasteiger partial charge in [0.25, 0.3) is 0 Å². The van der Waals surface area contributed by atoms with E-state index in [1.807, 2.05) is 6.07 Å². The number of ether oxygens (including phenoxy) is 1. The van der Waals surface area contributed by atoms with Gasteiger partial charge in [-0.25, -0.2) is 0 Å². The summed E-state index contributed by atoms with van der Waals surface area (Å²) in [6.07, 6.45) is 2.04. The molecule has 0 aromatic carbocycles. The normalized spacial score (nSPS) is 17.4. The van der Waals surface area contributed by atoms with Gasteiger partial charge in [0.1, 0.15) is 0 Å². The van der Waals surface area contributed by atoms with Crippen LogP contribution in [-0.4, -0.2) is 37.6 Å². The highest BCUT2D eigenvalue weighted by molar-refractivity contribution is 5.78. The van der Waals surface area contributed by atoms with E-state index in [1.54, 1.807) is 11.9 Å². The molecule has 0 N–H and O–H groups in total. The van der Waals surface area contributed by atoms with Gasteiger partial charge in [-0.1, -0.05) is 0 Å². The summed E-state index contributed by atoms with van der Waals surface area (Å²) in [5, 5.41) is 8.40. The first kappa shape index (κ1) is 11.0. The molecule has 0 aromatic heterocycles. The molecule has 1 fully saturated rings. The van der Waals surface area contributed by atoms with Crippen LogP contribution in [0.25, 0.3) is 0 Å². The number of rotatable bonds is 3. The van der Waals surface area contributed by atoms with Crippen molar-refractivity contribution in [1.82, 2.24) is 4.90 Å². The van der Waals surface area contributed by atoms with Gasteiger partial charge in [0.15, 0.2) is 0 Å². The summed E-state index contributed by atoms with van der Waals surface area (Å²) >= 11 is 0. The average Bonchev–Trinajstić information content (AvgIpc) is 2.26. The van der Waals surface area contributed by atoms with E-state index >= 15 is 0 Å². The van der Waals surface area contributed by atoms with Crippen molar-refractivity contribution in [3.8, 4) is 6.07 Å². The van der Waals surface area contributed by atoms with Crippen molar-refractivity contribution in [2.75, 3.05) is 26.8 Å². The Bertz CT molecular complexity index is 229. The Morgan fingerprint density at radius 3 is 2.79 bits per heavy atom. The Labute approximate surface area is 84.4 Å². The van der Waals surface area contributed by atoms with Gasteiger partial charge < -0.3 is 9.64 Å². The van der Waals surface area contributed by atoms with Gasteiger partial charge in [-0.15, -0.1) is 0 Å². The van der Waals surface area contributed by atoms with E-state index in [0.29, 0.717) is 26.2 Å². The zero-order valence-electron chi connectivity index (χ0n) is 8.53. The van der Waals surface area contributed by atoms with Gasteiger partial charge in [-0.05, 0) is 12.8 Å². The van der Waals surface area contributed by atoms with Crippen LogP contribution in [0.5, 0.6) is 0 Å². The van der Waals surface area contributed by atoms with E-state index in [-0.39, 0.29) is 11.8 Å². The van der Waals surface area contributed by atoms with Crippen molar-refractivity contribution in [3.63, 3.8) is 0 Å². The first-order valence-electron chi connectivity index (χ1n) is 4.95. The van der Waals surface area contributed by atoms with Crippen molar-refractivity contribution in [2.24, 2.45) is 5.92 Å². The molecule has 78 valence electrons. The lowest BCUT2D eigenvalue weighted by Crippen LogP contribution is -2.36. The molecule has 1 aliphatic heterocycles. The number of nitriles is 1. The minimum Gasteiger partial charge on any atom is -0.381 e. The maximum atomic E-state index is 11.8. The van der Waals surface area contributed by atoms with Gasteiger partial charge in [-0.3, -0.25) is 4.79 Å². The molecule has 1 saturated heterocycles. The second-order valence-corrected chi connectivity index (χ2v) is 3.55. The monoisotopic (exact) mass is 196 g/mol. The van der Waals surface area contributed by atoms with E-state index < -0.39 is 0 Å². The van der Waals surface area contributed by atoms with Crippen LogP contribution in [0, 0.1) is 17.2 Å². The summed E-state index contributed by atoms with van der Waals surface area (Å²) in [4.78, 5) is 13.4. The zero-order chi connectivity index (χ0) is 10.4. The molecule has 0 radical (unpaired) electrons. The quantitative estimate of drug-likeness (QED) is 0.670. The van der Waals surface area contributed by atoms with Gasteiger partial charge in [0, 0.05) is 32.7 Å². The fourth-order valence-corrected chi connectivity index (χ4v) is 1.58. The Morgan fingerprint density at radius 1 is 1.57 bits per heavy atom. The van der Waals surface area contributed by atoms with Crippen molar-refractivity contribution >= 4 is 5.91 Å². The topological polar surface area (TPSA) is 53.3 Å². The third-order valence-corrected chi connectivity index (χ3v) is 2.51. The number of hydrogen-bond donors (Lipinski definition) is 0. The fourth-order valence-electron chi connectivity index (χ4n) is 1.58. The molecule has 0 aromatic rings. The number of carbonyl (C=O) groups excluding carboxylic acids is 1. The summed E-state index contributed by atoms with van der Waals surface area (Å²) in [5.74, 6) is 0.260. The van der Waals surface area contributed by atoms with Crippen LogP contribution in [-0.2, 0) is 9.53 Å². The Balaban J connectivity index is 2.35. The highest BCUT2D eigenvalue weighted by atomic mass is 16.5. The highest BCUT2D eigenvalue weighted by Gasteiger charge is 2.23. The molecular formula is C10H16N2O2. The zero-order valence-corrected chi connectivity index (χ0v) is 8.53. The van der Waals surface area contributed by atoms with Crippen LogP contribution < -0.4 is 0 Å². The minimum atomic E-state index is 0.104. The molecule has 1 heterocycles. The summed E-state index contributed by atoms with van der Waals surface area (Å²) in [6, 6.07) is 2.04. The van der Waals surface area contributed by atoms with Crippen LogP contribution in [0.2, 0.25) is 0 Å². The van der Waals surface area contributed by atoms with Gasteiger partial charge >= 0.3 is 0 Å². The van der Waals surface area contributed by atoms with Crippen molar-refractivity contribution in [1.29, 1.82) is 5.26 Å². The van der Waals surface area contributed by atoms with Crippen LogP contribution >= 0.6 is 0 Å². The SMILES string of the molecule is CN(CCC#N)C(=O)C1CCOCC1. The molecule has 4 heteroatoms. The second-order valence-electron chi connectivity index (χ2n) is 3.55. The van der Waals surface area contributed by atoms with Crippen LogP contribution in [0.3, 0.4) is 0 Å². The number of hydrogen-bond acceptors (Lipinski definition) is 3. The average molecular weight is 196 g/mol. The van der Waals surface area contributed by atoms with Crippen LogP contribution in [0.1, 0.15) is 19.3 Å². The lowest BCUT2D eigenvalue weighted by Gasteiger charge is -2.25. The highest BCUT2D eigenvalue weighted by Crippen LogP contribution is 2.16. The lowest BCUT2D eigenvalue weighted by atomic mass is 9.99. The largest absolute Gasteiger partial charge is 0.381 e. The predicted octanol–water partition coefficient (Wildman–Crippen LogP) is 0.785. The molecule has 1 amide bonds. The van der Waals surface area contributed by atoms with Crippen molar-refractivity contribution in [2.45, 2.75) is 19.3 Å². The molecule has 0 aliphatic carbocycles. The van der Waals surface area contributed by atoms with E-state index in [2.05, 4.69) is 0 Å². The first-order chi connectivity index (χ1) is 6.75. The van der Waals surface area contributed by atoms with Gasteiger partial charge in [0.05, 0.1) is 12.5 Å². The van der Waals surface area contributed by atoms with Crippen LogP contribution in [0.15, 0.2) is 0 Å². The minimum absolute atomic E-state index is 0.104. The lowest BCUT2D eigenvalue weighted by molar-refractivity contribution is -0.137. The van der Waals surface area contributed by atoms with E-state index in [0.717, 1.165) is 12.8 Å². The number of amides is 1. The van der Waals surface area contributed by atoms with E-state index in [4.69, 9.17) is 10.00 Å². The Hall–Kier alpha value is -1.08. The van der Waals surface area contributed by atoms with Gasteiger partial charge in [-0.2, -0.15) is 5.26 Å². The smallest absolute Gasteiger partial charge is 0.225 e. The fraction of sp³-hybridized carbons (Fsp3) is 0.800. The Kier molecular flexibility index (Phi) is 4.41. The molecule has 0 unspecified atom stereocenters. The van der Waals surface area contributed by atoms with Crippen molar-refractivity contribution < 1.29 is 9.53 Å². The van der Waals surface area contributed by atoms with Crippen LogP contribution in [0.4, 0.5) is 0 Å². The summed E-state index contributed by atoms with van der Waals surface area (Å²) in [6.45, 7) is 1.90. The third-order valence-electron chi connectivity index (χ3n) is 2.51. The predicted molar refractivity (Wildman–Crippen MR) is 51.4 cm³/mol. The maximum absolute atomic E-state index is 11.8.